The number of aromatic nitrogens is 2. The molecule has 0 saturated heterocycles. The third kappa shape index (κ3) is 3.19. The van der Waals surface area contributed by atoms with Crippen LogP contribution in [0.15, 0.2) is 42.6 Å². The van der Waals surface area contributed by atoms with E-state index in [4.69, 9.17) is 0 Å². The summed E-state index contributed by atoms with van der Waals surface area (Å²) in [4.78, 5) is 4.40. The number of nitrogens with one attached hydrogen (secondary N) is 1. The number of hydrogen-bond donors (Lipinski definition) is 1. The van der Waals surface area contributed by atoms with Crippen molar-refractivity contribution in [2.75, 3.05) is 4.72 Å². The summed E-state index contributed by atoms with van der Waals surface area (Å²) in [5, 5.41) is 0. The Morgan fingerprint density at radius 3 is 2.57 bits per heavy atom. The Balaban J connectivity index is 1.91. The van der Waals surface area contributed by atoms with Crippen molar-refractivity contribution in [3.05, 3.63) is 65.4 Å². The number of sulfonamides is 1. The molecule has 0 spiro atoms. The summed E-state index contributed by atoms with van der Waals surface area (Å²) in [6, 6.07) is 8.83. The summed E-state index contributed by atoms with van der Waals surface area (Å²) < 4.78 is 42.0. The second kappa shape index (κ2) is 5.66. The van der Waals surface area contributed by atoms with E-state index in [0.717, 1.165) is 11.4 Å². The first kappa shape index (κ1) is 15.5. The van der Waals surface area contributed by atoms with Crippen LogP contribution in [0.4, 0.5) is 10.1 Å². The molecule has 3 aromatic rings. The molecule has 7 heteroatoms. The molecule has 23 heavy (non-hydrogen) atoms. The molecule has 0 unspecified atom stereocenters. The Bertz CT molecular complexity index is 963. The van der Waals surface area contributed by atoms with E-state index >= 15 is 0 Å². The minimum Gasteiger partial charge on any atom is -0.302 e. The number of aryl methyl sites for hydroxylation is 2. The zero-order valence-corrected chi connectivity index (χ0v) is 13.6. The molecule has 2 heterocycles. The maximum atomic E-state index is 12.9. The number of pyridine rings is 1. The zero-order chi connectivity index (χ0) is 16.6. The van der Waals surface area contributed by atoms with Gasteiger partial charge in [-0.25, -0.2) is 17.8 Å². The maximum absolute atomic E-state index is 12.9. The molecule has 0 saturated carbocycles. The Hall–Kier alpha value is -2.41. The van der Waals surface area contributed by atoms with E-state index in [0.29, 0.717) is 16.9 Å². The van der Waals surface area contributed by atoms with E-state index in [-0.39, 0.29) is 5.75 Å². The lowest BCUT2D eigenvalue weighted by molar-refractivity contribution is 0.600. The van der Waals surface area contributed by atoms with Crippen molar-refractivity contribution in [1.29, 1.82) is 0 Å². The Morgan fingerprint density at radius 2 is 1.87 bits per heavy atom. The number of anilines is 1. The van der Waals surface area contributed by atoms with E-state index in [1.165, 1.54) is 24.3 Å². The molecule has 1 N–H and O–H groups in total. The molecule has 5 nitrogen and oxygen atoms in total. The summed E-state index contributed by atoms with van der Waals surface area (Å²) in [6.07, 6.45) is 1.84. The first-order chi connectivity index (χ1) is 10.9. The van der Waals surface area contributed by atoms with Gasteiger partial charge in [-0.1, -0.05) is 12.1 Å². The number of hydrogen-bond acceptors (Lipinski definition) is 3. The van der Waals surface area contributed by atoms with Crippen LogP contribution in [-0.4, -0.2) is 17.8 Å². The molecule has 0 aliphatic carbocycles. The van der Waals surface area contributed by atoms with Crippen LogP contribution in [0.3, 0.4) is 0 Å². The molecule has 0 atom stereocenters. The summed E-state index contributed by atoms with van der Waals surface area (Å²) in [7, 11) is -3.62. The van der Waals surface area contributed by atoms with Gasteiger partial charge in [0.05, 0.1) is 17.1 Å². The molecule has 3 rings (SSSR count). The van der Waals surface area contributed by atoms with Crippen LogP contribution in [0.25, 0.3) is 5.65 Å². The fourth-order valence-corrected chi connectivity index (χ4v) is 3.58. The molecule has 2 aromatic heterocycles. The van der Waals surface area contributed by atoms with Crippen LogP contribution in [0.1, 0.15) is 17.0 Å². The van der Waals surface area contributed by atoms with Gasteiger partial charge in [-0.05, 0) is 43.7 Å². The van der Waals surface area contributed by atoms with Crippen molar-refractivity contribution in [3.8, 4) is 0 Å². The molecule has 0 amide bonds. The summed E-state index contributed by atoms with van der Waals surface area (Å²) in [5.41, 5.74) is 3.30. The summed E-state index contributed by atoms with van der Waals surface area (Å²) in [6.45, 7) is 3.80. The smallest absolute Gasteiger partial charge is 0.237 e. The van der Waals surface area contributed by atoms with Crippen LogP contribution in [-0.2, 0) is 15.8 Å². The minimum atomic E-state index is -3.62. The van der Waals surface area contributed by atoms with Crippen molar-refractivity contribution in [1.82, 2.24) is 9.38 Å². The molecule has 0 aliphatic heterocycles. The second-order valence-electron chi connectivity index (χ2n) is 5.39. The minimum absolute atomic E-state index is 0.229. The number of benzene rings is 1. The van der Waals surface area contributed by atoms with Gasteiger partial charge in [0, 0.05) is 11.9 Å². The number of rotatable bonds is 4. The first-order valence-corrected chi connectivity index (χ1v) is 8.70. The van der Waals surface area contributed by atoms with Gasteiger partial charge in [0.15, 0.2) is 5.65 Å². The first-order valence-electron chi connectivity index (χ1n) is 7.05. The quantitative estimate of drug-likeness (QED) is 0.798. The van der Waals surface area contributed by atoms with Gasteiger partial charge in [0.1, 0.15) is 5.82 Å². The predicted octanol–water partition coefficient (Wildman–Crippen LogP) is 3.03. The van der Waals surface area contributed by atoms with Gasteiger partial charge < -0.3 is 4.40 Å². The highest BCUT2D eigenvalue weighted by molar-refractivity contribution is 7.91. The molecule has 120 valence electrons. The topological polar surface area (TPSA) is 63.5 Å². The number of nitrogens with zero attached hydrogens (tertiary/aromatic N) is 2. The van der Waals surface area contributed by atoms with Crippen molar-refractivity contribution in [2.24, 2.45) is 0 Å². The molecule has 1 aromatic carbocycles. The molecular weight excluding hydrogens is 317 g/mol. The second-order valence-corrected chi connectivity index (χ2v) is 7.11. The van der Waals surface area contributed by atoms with Crippen LogP contribution < -0.4 is 4.72 Å². The standard InChI is InChI=1S/C16H16FN3O2S/c1-11-12(2)20-9-3-4-15(16(20)18-11)19-23(21,22)10-13-5-7-14(17)8-6-13/h3-9,19H,10H2,1-2H3. The molecule has 0 radical (unpaired) electrons. The fourth-order valence-electron chi connectivity index (χ4n) is 2.38. The summed E-state index contributed by atoms with van der Waals surface area (Å²) in [5.74, 6) is -0.625. The molecular formula is C16H16FN3O2S. The fraction of sp³-hybridized carbons (Fsp3) is 0.188. The lowest BCUT2D eigenvalue weighted by Gasteiger charge is -2.09. The lowest BCUT2D eigenvalue weighted by Crippen LogP contribution is -2.15. The van der Waals surface area contributed by atoms with Gasteiger partial charge in [-0.2, -0.15) is 0 Å². The zero-order valence-electron chi connectivity index (χ0n) is 12.7. The summed E-state index contributed by atoms with van der Waals surface area (Å²) >= 11 is 0. The van der Waals surface area contributed by atoms with Gasteiger partial charge in [0.2, 0.25) is 10.0 Å². The van der Waals surface area contributed by atoms with E-state index < -0.39 is 15.8 Å². The van der Waals surface area contributed by atoms with Gasteiger partial charge >= 0.3 is 0 Å². The van der Waals surface area contributed by atoms with E-state index in [9.17, 15) is 12.8 Å². The normalized spacial score (nSPS) is 11.8. The van der Waals surface area contributed by atoms with Crippen molar-refractivity contribution < 1.29 is 12.8 Å². The Kier molecular flexibility index (Phi) is 3.81. The highest BCUT2D eigenvalue weighted by Crippen LogP contribution is 2.21. The lowest BCUT2D eigenvalue weighted by atomic mass is 10.2. The van der Waals surface area contributed by atoms with E-state index in [1.807, 2.05) is 24.4 Å². The number of halogens is 1. The van der Waals surface area contributed by atoms with Gasteiger partial charge in [0.25, 0.3) is 0 Å². The van der Waals surface area contributed by atoms with Crippen molar-refractivity contribution in [3.63, 3.8) is 0 Å². The predicted molar refractivity (Wildman–Crippen MR) is 87.3 cm³/mol. The Morgan fingerprint density at radius 1 is 1.17 bits per heavy atom. The molecule has 0 fully saturated rings. The van der Waals surface area contributed by atoms with Crippen molar-refractivity contribution >= 4 is 21.4 Å². The Labute approximate surface area is 133 Å². The number of fused-ring (bicyclic) bond motifs is 1. The average Bonchev–Trinajstić information content (AvgIpc) is 2.78. The third-order valence-corrected chi connectivity index (χ3v) is 4.91. The van der Waals surface area contributed by atoms with E-state index in [2.05, 4.69) is 9.71 Å². The monoisotopic (exact) mass is 333 g/mol. The van der Waals surface area contributed by atoms with Crippen LogP contribution in [0.5, 0.6) is 0 Å². The van der Waals surface area contributed by atoms with Gasteiger partial charge in [-0.3, -0.25) is 4.72 Å². The molecule has 0 aliphatic rings. The van der Waals surface area contributed by atoms with Gasteiger partial charge in [-0.15, -0.1) is 0 Å². The number of imidazole rings is 1. The van der Waals surface area contributed by atoms with E-state index in [1.54, 1.807) is 12.1 Å². The molecule has 0 bridgehead atoms. The maximum Gasteiger partial charge on any atom is 0.237 e. The average molecular weight is 333 g/mol. The van der Waals surface area contributed by atoms with Crippen LogP contribution in [0.2, 0.25) is 0 Å². The van der Waals surface area contributed by atoms with Crippen LogP contribution >= 0.6 is 0 Å². The highest BCUT2D eigenvalue weighted by atomic mass is 32.2. The SMILES string of the molecule is Cc1nc2c(NS(=O)(=O)Cc3ccc(F)cc3)cccn2c1C. The third-order valence-electron chi connectivity index (χ3n) is 3.66. The van der Waals surface area contributed by atoms with Crippen molar-refractivity contribution in [2.45, 2.75) is 19.6 Å². The van der Waals surface area contributed by atoms with Crippen LogP contribution in [0, 0.1) is 19.7 Å². The highest BCUT2D eigenvalue weighted by Gasteiger charge is 2.15. The largest absolute Gasteiger partial charge is 0.302 e.